The molecule has 0 atom stereocenters. The first-order valence-electron chi connectivity index (χ1n) is 7.97. The number of benzene rings is 1. The van der Waals surface area contributed by atoms with Crippen LogP contribution in [-0.2, 0) is 13.0 Å². The first-order valence-corrected chi connectivity index (χ1v) is 9.92. The van der Waals surface area contributed by atoms with Crippen LogP contribution in [-0.4, -0.2) is 15.0 Å². The fourth-order valence-electron chi connectivity index (χ4n) is 2.63. The zero-order valence-electron chi connectivity index (χ0n) is 14.5. The maximum Gasteiger partial charge on any atom is 0.310 e. The van der Waals surface area contributed by atoms with Gasteiger partial charge in [-0.25, -0.2) is 9.97 Å². The van der Waals surface area contributed by atoms with E-state index in [0.29, 0.717) is 17.8 Å². The third kappa shape index (κ3) is 4.32. The summed E-state index contributed by atoms with van der Waals surface area (Å²) >= 11 is 0. The topological polar surface area (TPSA) is 81.1 Å². The fourth-order valence-corrected chi connectivity index (χ4v) is 3.32. The second kappa shape index (κ2) is 6.06. The standard InChI is InChI=1S/C16H16F5N5OS/c1-2-11-7-13(28(17,18,19,20)21)3-4-14(11)26(8-12-9-27-10-24-12)15-5-6-23-16(22)25-15/h3-7,9-10H,2,8H2,1H3,(H2,22,23,25). The molecule has 2 heterocycles. The number of aryl methyl sites for hydroxylation is 1. The summed E-state index contributed by atoms with van der Waals surface area (Å²) in [4.78, 5) is 11.4. The van der Waals surface area contributed by atoms with Gasteiger partial charge in [0.25, 0.3) is 0 Å². The number of hydrogen-bond acceptors (Lipinski definition) is 6. The van der Waals surface area contributed by atoms with Gasteiger partial charge >= 0.3 is 10.2 Å². The average molecular weight is 421 g/mol. The van der Waals surface area contributed by atoms with Crippen molar-refractivity contribution in [1.82, 2.24) is 15.0 Å². The van der Waals surface area contributed by atoms with Crippen molar-refractivity contribution in [2.45, 2.75) is 24.8 Å². The Labute approximate surface area is 156 Å². The zero-order chi connectivity index (χ0) is 20.6. The van der Waals surface area contributed by atoms with E-state index in [1.807, 2.05) is 0 Å². The summed E-state index contributed by atoms with van der Waals surface area (Å²) < 4.78 is 70.9. The molecule has 28 heavy (non-hydrogen) atoms. The molecule has 0 radical (unpaired) electrons. The van der Waals surface area contributed by atoms with Gasteiger partial charge in [0.05, 0.1) is 12.2 Å². The lowest BCUT2D eigenvalue weighted by Crippen LogP contribution is -2.20. The van der Waals surface area contributed by atoms with Crippen LogP contribution in [0.1, 0.15) is 18.2 Å². The predicted molar refractivity (Wildman–Crippen MR) is 96.0 cm³/mol. The van der Waals surface area contributed by atoms with Crippen molar-refractivity contribution in [1.29, 1.82) is 0 Å². The highest BCUT2D eigenvalue weighted by Crippen LogP contribution is 3.02. The van der Waals surface area contributed by atoms with Crippen LogP contribution in [0, 0.1) is 0 Å². The van der Waals surface area contributed by atoms with E-state index in [0.717, 1.165) is 6.07 Å². The summed E-state index contributed by atoms with van der Waals surface area (Å²) in [5.41, 5.74) is 6.38. The SMILES string of the molecule is CCc1cc(S(F)(F)(F)(F)F)ccc1N(Cc1cocn1)c1ccnc(N)n1. The van der Waals surface area contributed by atoms with E-state index >= 15 is 0 Å². The highest BCUT2D eigenvalue weighted by molar-refractivity contribution is 8.45. The van der Waals surface area contributed by atoms with Crippen molar-refractivity contribution in [3.05, 3.63) is 54.4 Å². The maximum absolute atomic E-state index is 13.2. The predicted octanol–water partition coefficient (Wildman–Crippen LogP) is 5.60. The fraction of sp³-hybridized carbons (Fsp3) is 0.188. The Morgan fingerprint density at radius 3 is 2.43 bits per heavy atom. The van der Waals surface area contributed by atoms with Crippen molar-refractivity contribution in [3.8, 4) is 0 Å². The van der Waals surface area contributed by atoms with Crippen LogP contribution in [0.5, 0.6) is 0 Å². The molecule has 0 fully saturated rings. The Bertz CT molecular complexity index is 995. The van der Waals surface area contributed by atoms with Crippen molar-refractivity contribution in [2.24, 2.45) is 0 Å². The normalized spacial score (nSPS) is 14.4. The second-order valence-corrected chi connectivity index (χ2v) is 8.36. The Kier molecular flexibility index (Phi) is 4.30. The smallest absolute Gasteiger partial charge is 0.310 e. The van der Waals surface area contributed by atoms with E-state index in [4.69, 9.17) is 10.2 Å². The van der Waals surface area contributed by atoms with Gasteiger partial charge in [0, 0.05) is 11.9 Å². The number of halogens is 5. The van der Waals surface area contributed by atoms with Crippen LogP contribution in [0.4, 0.5) is 36.9 Å². The summed E-state index contributed by atoms with van der Waals surface area (Å²) in [5, 5.41) is 0. The molecule has 2 N–H and O–H groups in total. The van der Waals surface area contributed by atoms with Crippen molar-refractivity contribution < 1.29 is 23.8 Å². The molecule has 0 aliphatic rings. The molecule has 0 unspecified atom stereocenters. The Balaban J connectivity index is 2.14. The van der Waals surface area contributed by atoms with E-state index in [9.17, 15) is 19.4 Å². The molecule has 6 nitrogen and oxygen atoms in total. The number of oxazole rings is 1. The molecule has 3 rings (SSSR count). The van der Waals surface area contributed by atoms with Gasteiger partial charge in [0.2, 0.25) is 5.95 Å². The van der Waals surface area contributed by atoms with E-state index in [1.54, 1.807) is 6.92 Å². The van der Waals surface area contributed by atoms with Gasteiger partial charge in [-0.1, -0.05) is 26.4 Å². The van der Waals surface area contributed by atoms with E-state index in [2.05, 4.69) is 15.0 Å². The Morgan fingerprint density at radius 2 is 1.86 bits per heavy atom. The third-order valence-electron chi connectivity index (χ3n) is 3.91. The summed E-state index contributed by atoms with van der Waals surface area (Å²) in [6.45, 7) is 1.63. The molecule has 0 saturated heterocycles. The molecule has 0 saturated carbocycles. The van der Waals surface area contributed by atoms with Gasteiger partial charge in [-0.2, -0.15) is 4.98 Å². The molecular formula is C16H16F5N5OS. The van der Waals surface area contributed by atoms with Gasteiger partial charge in [-0.3, -0.25) is 0 Å². The number of nitrogens with zero attached hydrogens (tertiary/aromatic N) is 4. The number of rotatable bonds is 6. The van der Waals surface area contributed by atoms with Gasteiger partial charge in [-0.05, 0) is 36.2 Å². The van der Waals surface area contributed by atoms with Crippen LogP contribution in [0.2, 0.25) is 0 Å². The van der Waals surface area contributed by atoms with Crippen LogP contribution in [0.3, 0.4) is 0 Å². The minimum absolute atomic E-state index is 0.0515. The molecule has 0 bridgehead atoms. The molecule has 3 aromatic rings. The molecular weight excluding hydrogens is 405 g/mol. The second-order valence-electron chi connectivity index (χ2n) is 5.95. The molecule has 152 valence electrons. The quantitative estimate of drug-likeness (QED) is 0.522. The van der Waals surface area contributed by atoms with Crippen molar-refractivity contribution in [3.63, 3.8) is 0 Å². The largest absolute Gasteiger partial charge is 0.451 e. The minimum atomic E-state index is -9.80. The lowest BCUT2D eigenvalue weighted by molar-refractivity contribution is 0.364. The first kappa shape index (κ1) is 19.9. The number of hydrogen-bond donors (Lipinski definition) is 1. The number of aromatic nitrogens is 3. The number of anilines is 3. The molecule has 12 heteroatoms. The molecule has 0 amide bonds. The van der Waals surface area contributed by atoms with E-state index < -0.39 is 15.1 Å². The van der Waals surface area contributed by atoms with Gasteiger partial charge in [0.15, 0.2) is 6.39 Å². The maximum atomic E-state index is 13.2. The van der Waals surface area contributed by atoms with Crippen LogP contribution < -0.4 is 10.6 Å². The number of nitrogens with two attached hydrogens (primary N) is 1. The molecule has 2 aromatic heterocycles. The molecule has 1 aromatic carbocycles. The van der Waals surface area contributed by atoms with Gasteiger partial charge in [-0.15, -0.1) is 0 Å². The zero-order valence-corrected chi connectivity index (χ0v) is 15.3. The average Bonchev–Trinajstić information content (AvgIpc) is 3.10. The highest BCUT2D eigenvalue weighted by atomic mass is 32.5. The van der Waals surface area contributed by atoms with Gasteiger partial charge in [0.1, 0.15) is 17.0 Å². The van der Waals surface area contributed by atoms with Gasteiger partial charge < -0.3 is 15.1 Å². The summed E-state index contributed by atoms with van der Waals surface area (Å²) in [7, 11) is -9.80. The Morgan fingerprint density at radius 1 is 1.11 bits per heavy atom. The summed E-state index contributed by atoms with van der Waals surface area (Å²) in [5.74, 6) is 0.217. The van der Waals surface area contributed by atoms with E-state index in [1.165, 1.54) is 29.8 Å². The third-order valence-corrected chi connectivity index (χ3v) is 5.05. The van der Waals surface area contributed by atoms with Crippen LogP contribution in [0.25, 0.3) is 0 Å². The lowest BCUT2D eigenvalue weighted by Gasteiger charge is -2.41. The lowest BCUT2D eigenvalue weighted by atomic mass is 10.1. The monoisotopic (exact) mass is 421 g/mol. The van der Waals surface area contributed by atoms with E-state index in [-0.39, 0.29) is 36.0 Å². The Hall–Kier alpha value is -2.89. The molecule has 0 aliphatic carbocycles. The molecule has 0 spiro atoms. The minimum Gasteiger partial charge on any atom is -0.451 e. The highest BCUT2D eigenvalue weighted by Gasteiger charge is 2.65. The van der Waals surface area contributed by atoms with Crippen LogP contribution >= 0.6 is 10.2 Å². The first-order chi connectivity index (χ1) is 12.9. The number of nitrogen functional groups attached to an aromatic ring is 1. The van der Waals surface area contributed by atoms with Crippen molar-refractivity contribution in [2.75, 3.05) is 10.6 Å². The van der Waals surface area contributed by atoms with Crippen LogP contribution in [0.15, 0.2) is 52.4 Å². The summed E-state index contributed by atoms with van der Waals surface area (Å²) in [6.07, 6.45) is 4.00. The molecule has 0 aliphatic heterocycles. The van der Waals surface area contributed by atoms with Crippen molar-refractivity contribution >= 4 is 27.7 Å². The summed E-state index contributed by atoms with van der Waals surface area (Å²) in [6, 6.07) is 3.33.